The van der Waals surface area contributed by atoms with Gasteiger partial charge in [0.2, 0.25) is 0 Å². The maximum absolute atomic E-state index is 12.2. The third-order valence-electron chi connectivity index (χ3n) is 21.9. The molecule has 0 saturated carbocycles. The average molecular weight is 2160 g/mol. The van der Waals surface area contributed by atoms with Crippen molar-refractivity contribution in [2.24, 2.45) is 90.7 Å². The monoisotopic (exact) mass is 2160 g/mol. The molecule has 0 aromatic rings. The number of ether oxygens (including phenoxy) is 8. The zero-order chi connectivity index (χ0) is 116. The summed E-state index contributed by atoms with van der Waals surface area (Å²) in [5.41, 5.74) is -2.64. The van der Waals surface area contributed by atoms with Gasteiger partial charge in [0.15, 0.2) is 0 Å². The SMILES string of the molecule is C#CCCCC(=O)CC(CC(=O)O)C(=O)C(C)(C)C.C#CCCCC(=O)CC(CC(=O)O)C(C)(C)C.C#CCCCC(=O)CC(CCl)C(=O)C(C)(C)C.C#CCCCC(=O)CC(CCl)C(C)(C)C.C#CCCOCCOC(=O)CC(CC(=O)O)C(=O)C(C)(C)C.C#CCCOCCOC(=O)CC(CC(=O)O)C(C)(C)C.C#CCCOCCOC(=O)CC(CCl)C(=O)C(C)(C)C.C#CCCOCCOC(=O)CC(CCl)C(C)(C)C. The van der Waals surface area contributed by atoms with Crippen LogP contribution in [0.2, 0.25) is 0 Å². The van der Waals surface area contributed by atoms with Gasteiger partial charge in [0.25, 0.3) is 0 Å². The maximum atomic E-state index is 12.2. The van der Waals surface area contributed by atoms with E-state index in [0.29, 0.717) is 174 Å². The number of aliphatic carboxylic acids is 4. The van der Waals surface area contributed by atoms with Crippen LogP contribution in [0.3, 0.4) is 0 Å². The fourth-order valence-corrected chi connectivity index (χ4v) is 14.3. The molecule has 0 aliphatic carbocycles. The van der Waals surface area contributed by atoms with E-state index in [4.69, 9.17) is 156 Å². The predicted octanol–water partition coefficient (Wildman–Crippen LogP) is 21.3. The Bertz CT molecular complexity index is 4240. The first-order valence-corrected chi connectivity index (χ1v) is 52.3. The summed E-state index contributed by atoms with van der Waals surface area (Å²) in [7, 11) is 0. The van der Waals surface area contributed by atoms with Crippen LogP contribution in [0.4, 0.5) is 0 Å². The Hall–Kier alpha value is -9.40. The van der Waals surface area contributed by atoms with Crippen LogP contribution < -0.4 is 0 Å². The molecule has 32 heteroatoms. The minimum Gasteiger partial charge on any atom is -0.481 e. The Balaban J connectivity index is -0.000000253. The number of ketones is 8. The number of rotatable bonds is 64. The molecule has 8 unspecified atom stereocenters. The number of halogens is 4. The lowest BCUT2D eigenvalue weighted by Crippen LogP contribution is -2.32. The molecule has 0 saturated heterocycles. The van der Waals surface area contributed by atoms with Crippen LogP contribution in [0.25, 0.3) is 0 Å². The number of carbonyl (C=O) groups is 16. The van der Waals surface area contributed by atoms with Crippen molar-refractivity contribution in [1.82, 2.24) is 0 Å². The van der Waals surface area contributed by atoms with Crippen LogP contribution in [0.15, 0.2) is 0 Å². The van der Waals surface area contributed by atoms with Gasteiger partial charge in [-0.1, -0.05) is 166 Å². The molecule has 0 radical (unpaired) electrons. The first-order valence-electron chi connectivity index (χ1n) is 50.1. The second-order valence-corrected chi connectivity index (χ2v) is 44.9. The van der Waals surface area contributed by atoms with Gasteiger partial charge in [-0.15, -0.1) is 145 Å². The molecular formula is C116H180Cl4O28. The van der Waals surface area contributed by atoms with Crippen molar-refractivity contribution in [1.29, 1.82) is 0 Å². The zero-order valence-corrected chi connectivity index (χ0v) is 96.5. The molecule has 148 heavy (non-hydrogen) atoms. The van der Waals surface area contributed by atoms with Gasteiger partial charge in [0.1, 0.15) is 72.7 Å². The first-order chi connectivity index (χ1) is 68.4. The van der Waals surface area contributed by atoms with Gasteiger partial charge in [-0.2, -0.15) is 0 Å². The zero-order valence-electron chi connectivity index (χ0n) is 93.4. The summed E-state index contributed by atoms with van der Waals surface area (Å²) in [4.78, 5) is 185. The van der Waals surface area contributed by atoms with Crippen molar-refractivity contribution in [2.45, 2.75) is 346 Å². The van der Waals surface area contributed by atoms with Gasteiger partial charge in [-0.05, 0) is 71.0 Å². The standard InChI is InChI=1S/C16H24O6.C15H23ClO4.C15H24O5.C15H22O4.C14H23ClO3.C14H21ClO2.C14H22O3.C13H21ClO/c1-5-6-7-21-8-9-22-14(19)11-12(10-13(17)18)15(20)16(2,3)4;1-5-6-7-19-8-9-20-13(17)10-12(11-16)14(18)15(2,3)4;1-5-6-7-19-8-9-20-14(18)11-12(10-13(16)17)15(2,3)4;1-5-6-7-8-12(16)9-11(10-13(17)18)14(19)15(2,3)4;1-5-6-7-17-8-9-18-13(16)10-12(11-15)14(2,3)4;1-5-6-7-8-12(16)9-11(10-15)13(17)14(2,3)4;1-5-6-7-8-12(15)9-11(10-13(16)17)14(2,3)4;1-5-6-7-8-12(15)9-11(10-14)13(2,3)4/h1,12H,6-11H2,2-4H3,(H,17,18);1,12H,6-11H2,2-4H3;1,12H,6-11H2,2-4H3,(H,16,17);1,11H,6-10H2,2-4H3,(H,17,18);1,12H,6-11H2,2-4H3;1,11H,6-10H2,2-4H3;1,11H,6-10H2,2-4H3,(H,16,17);1,11H,6-10H2,2-4H3. The largest absolute Gasteiger partial charge is 0.481 e. The predicted molar refractivity (Wildman–Crippen MR) is 584 cm³/mol. The average Bonchev–Trinajstić information content (AvgIpc) is 0.865. The number of carbonyl (C=O) groups excluding carboxylic acids is 12. The van der Waals surface area contributed by atoms with Crippen LogP contribution in [0.5, 0.6) is 0 Å². The quantitative estimate of drug-likeness (QED) is 0.0144. The van der Waals surface area contributed by atoms with E-state index in [1.165, 1.54) is 0 Å². The lowest BCUT2D eigenvalue weighted by Gasteiger charge is -2.29. The molecule has 0 aliphatic rings. The number of unbranched alkanes of at least 4 members (excludes halogenated alkanes) is 4. The Kier molecular flexibility index (Phi) is 91.7. The van der Waals surface area contributed by atoms with Crippen LogP contribution in [0, 0.1) is 189 Å². The van der Waals surface area contributed by atoms with Crippen molar-refractivity contribution in [3.05, 3.63) is 0 Å². The van der Waals surface area contributed by atoms with Gasteiger partial charge >= 0.3 is 47.8 Å². The molecule has 0 fully saturated rings. The smallest absolute Gasteiger partial charge is 0.306 e. The minimum absolute atomic E-state index is 0.00393. The molecule has 0 amide bonds. The molecule has 8 atom stereocenters. The summed E-state index contributed by atoms with van der Waals surface area (Å²) in [6.07, 6.45) is 50.4. The lowest BCUT2D eigenvalue weighted by atomic mass is 9.75. The summed E-state index contributed by atoms with van der Waals surface area (Å²) < 4.78 is 40.6. The number of hydrogen-bond acceptors (Lipinski definition) is 24. The number of hydrogen-bond donors (Lipinski definition) is 4. The van der Waals surface area contributed by atoms with E-state index >= 15 is 0 Å². The minimum atomic E-state index is -1.12. The number of carboxylic acid groups (broad SMARTS) is 4. The van der Waals surface area contributed by atoms with Crippen molar-refractivity contribution < 1.29 is 135 Å². The number of alkyl halides is 4. The van der Waals surface area contributed by atoms with E-state index in [1.54, 1.807) is 62.3 Å². The molecular weight excluding hydrogens is 1980 g/mol. The third-order valence-corrected chi connectivity index (χ3v) is 23.4. The Morgan fingerprint density at radius 2 is 0.412 bits per heavy atom. The van der Waals surface area contributed by atoms with Crippen LogP contribution in [-0.4, -0.2) is 217 Å². The van der Waals surface area contributed by atoms with E-state index in [9.17, 15) is 76.7 Å². The summed E-state index contributed by atoms with van der Waals surface area (Å²) in [5.74, 6) is 12.9. The van der Waals surface area contributed by atoms with Crippen molar-refractivity contribution in [3.63, 3.8) is 0 Å². The molecule has 0 aromatic heterocycles. The van der Waals surface area contributed by atoms with Crippen molar-refractivity contribution >= 4 is 140 Å². The molecule has 840 valence electrons. The van der Waals surface area contributed by atoms with Crippen molar-refractivity contribution in [2.75, 3.05) is 103 Å². The van der Waals surface area contributed by atoms with E-state index in [-0.39, 0.29) is 206 Å². The van der Waals surface area contributed by atoms with Crippen LogP contribution >= 0.6 is 46.4 Å². The Morgan fingerprint density at radius 1 is 0.223 bits per heavy atom. The number of carboxylic acids is 4. The van der Waals surface area contributed by atoms with Gasteiger partial charge in [0.05, 0.1) is 78.5 Å². The molecule has 0 spiro atoms. The van der Waals surface area contributed by atoms with Crippen LogP contribution in [-0.2, 0) is 115 Å². The van der Waals surface area contributed by atoms with Gasteiger partial charge < -0.3 is 58.3 Å². The number of esters is 4. The molecule has 4 N–H and O–H groups in total. The number of Topliss-reactive ketones (excluding diaryl/α,β-unsaturated/α-hetero) is 8. The Morgan fingerprint density at radius 3 is 0.635 bits per heavy atom. The fourth-order valence-electron chi connectivity index (χ4n) is 12.7. The molecule has 0 rings (SSSR count). The van der Waals surface area contributed by atoms with Gasteiger partial charge in [-0.3, -0.25) is 76.7 Å². The second-order valence-electron chi connectivity index (χ2n) is 43.7. The highest BCUT2D eigenvalue weighted by Gasteiger charge is 2.38. The highest BCUT2D eigenvalue weighted by atomic mass is 35.5. The fraction of sp³-hybridized carbons (Fsp3) is 0.724. The topological polar surface area (TPSA) is 428 Å². The van der Waals surface area contributed by atoms with Gasteiger partial charge in [0, 0.05) is 197 Å². The molecule has 28 nitrogen and oxygen atoms in total. The van der Waals surface area contributed by atoms with Crippen LogP contribution in [0.1, 0.15) is 346 Å². The molecule has 0 aliphatic heterocycles. The van der Waals surface area contributed by atoms with E-state index in [1.807, 2.05) is 62.3 Å². The Labute approximate surface area is 908 Å². The van der Waals surface area contributed by atoms with Crippen molar-refractivity contribution in [3.8, 4) is 98.8 Å². The summed E-state index contributed by atoms with van der Waals surface area (Å²) in [6, 6.07) is 0. The summed E-state index contributed by atoms with van der Waals surface area (Å²) in [6.45, 7) is 49.0. The van der Waals surface area contributed by atoms with E-state index in [2.05, 4.69) is 88.9 Å². The van der Waals surface area contributed by atoms with E-state index < -0.39 is 81.2 Å². The van der Waals surface area contributed by atoms with E-state index in [0.717, 1.165) is 6.42 Å². The summed E-state index contributed by atoms with van der Waals surface area (Å²) in [5, 5.41) is 35.4. The third kappa shape index (κ3) is 95.0. The van der Waals surface area contributed by atoms with Gasteiger partial charge in [-0.25, -0.2) is 0 Å². The number of terminal acetylenes is 8. The highest BCUT2D eigenvalue weighted by molar-refractivity contribution is 6.20. The summed E-state index contributed by atoms with van der Waals surface area (Å²) >= 11 is 23.3. The molecule has 0 heterocycles. The molecule has 0 bridgehead atoms. The lowest BCUT2D eigenvalue weighted by molar-refractivity contribution is -0.151. The highest BCUT2D eigenvalue weighted by Crippen LogP contribution is 2.36. The first kappa shape index (κ1) is 154. The molecule has 0 aromatic carbocycles. The normalized spacial score (nSPS) is 12.7. The second kappa shape index (κ2) is 88.2. The maximum Gasteiger partial charge on any atom is 0.306 e.